The first-order valence-corrected chi connectivity index (χ1v) is 5.68. The average Bonchev–Trinajstić information content (AvgIpc) is 2.65. The van der Waals surface area contributed by atoms with Crippen LogP contribution in [0.5, 0.6) is 0 Å². The summed E-state index contributed by atoms with van der Waals surface area (Å²) in [5.74, 6) is 0. The van der Waals surface area contributed by atoms with Crippen molar-refractivity contribution in [2.45, 2.75) is 20.3 Å². The Balaban J connectivity index is 2.55. The highest BCUT2D eigenvalue weighted by Gasteiger charge is 2.11. The van der Waals surface area contributed by atoms with E-state index in [1.165, 1.54) is 11.5 Å². The fourth-order valence-electron chi connectivity index (χ4n) is 1.28. The standard InChI is InChI=1S/C9H9ClN4S/c1-3-7-6(4-5(2)12-13-7)8-11-9(10)14-15-8/h4H,3H2,1-2H3. The third-order valence-corrected chi connectivity index (χ3v) is 2.98. The van der Waals surface area contributed by atoms with Gasteiger partial charge in [0.05, 0.1) is 11.4 Å². The SMILES string of the molecule is CCc1nnc(C)cc1-c1nc(Cl)ns1. The highest BCUT2D eigenvalue weighted by atomic mass is 35.5. The second-order valence-corrected chi connectivity index (χ2v) is 4.16. The molecule has 2 aromatic rings. The molecule has 0 aromatic carbocycles. The van der Waals surface area contributed by atoms with Gasteiger partial charge in [0, 0.05) is 5.56 Å². The molecule has 0 N–H and O–H groups in total. The van der Waals surface area contributed by atoms with Gasteiger partial charge < -0.3 is 0 Å². The Bertz CT molecular complexity index is 483. The second-order valence-electron chi connectivity index (χ2n) is 3.07. The lowest BCUT2D eigenvalue weighted by Gasteiger charge is -2.02. The van der Waals surface area contributed by atoms with Crippen molar-refractivity contribution >= 4 is 23.1 Å². The lowest BCUT2D eigenvalue weighted by Crippen LogP contribution is -1.97. The summed E-state index contributed by atoms with van der Waals surface area (Å²) in [5, 5.41) is 9.23. The molecule has 2 aromatic heterocycles. The monoisotopic (exact) mass is 240 g/mol. The van der Waals surface area contributed by atoms with Crippen molar-refractivity contribution < 1.29 is 0 Å². The van der Waals surface area contributed by atoms with E-state index < -0.39 is 0 Å². The average molecular weight is 241 g/mol. The molecule has 0 spiro atoms. The van der Waals surface area contributed by atoms with Gasteiger partial charge in [0.25, 0.3) is 0 Å². The van der Waals surface area contributed by atoms with Crippen LogP contribution in [0.2, 0.25) is 5.28 Å². The maximum absolute atomic E-state index is 5.70. The van der Waals surface area contributed by atoms with Crippen LogP contribution in [0.25, 0.3) is 10.6 Å². The van der Waals surface area contributed by atoms with Crippen LogP contribution in [0.4, 0.5) is 0 Å². The fraction of sp³-hybridized carbons (Fsp3) is 0.333. The van der Waals surface area contributed by atoms with Gasteiger partial charge >= 0.3 is 0 Å². The molecule has 0 fully saturated rings. The van der Waals surface area contributed by atoms with Gasteiger partial charge in [-0.2, -0.15) is 14.6 Å². The van der Waals surface area contributed by atoms with E-state index in [9.17, 15) is 0 Å². The number of aromatic nitrogens is 4. The van der Waals surface area contributed by atoms with Crippen molar-refractivity contribution in [1.29, 1.82) is 0 Å². The van der Waals surface area contributed by atoms with E-state index in [1.54, 1.807) is 0 Å². The Morgan fingerprint density at radius 1 is 1.40 bits per heavy atom. The zero-order valence-corrected chi connectivity index (χ0v) is 9.93. The van der Waals surface area contributed by atoms with E-state index >= 15 is 0 Å². The Hall–Kier alpha value is -1.07. The molecule has 0 atom stereocenters. The van der Waals surface area contributed by atoms with Gasteiger partial charge in [-0.05, 0) is 42.5 Å². The Kier molecular flexibility index (Phi) is 2.93. The van der Waals surface area contributed by atoms with Gasteiger partial charge in [-0.15, -0.1) is 0 Å². The minimum atomic E-state index is 0.284. The summed E-state index contributed by atoms with van der Waals surface area (Å²) in [6.07, 6.45) is 0.819. The fourth-order valence-corrected chi connectivity index (χ4v) is 2.12. The van der Waals surface area contributed by atoms with Gasteiger partial charge in [0.15, 0.2) is 0 Å². The van der Waals surface area contributed by atoms with Crippen LogP contribution in [-0.2, 0) is 6.42 Å². The second kappa shape index (κ2) is 4.20. The third-order valence-electron chi connectivity index (χ3n) is 1.96. The predicted octanol–water partition coefficient (Wildman–Crippen LogP) is 2.52. The highest BCUT2D eigenvalue weighted by Crippen LogP contribution is 2.25. The van der Waals surface area contributed by atoms with E-state index in [2.05, 4.69) is 19.6 Å². The Morgan fingerprint density at radius 2 is 2.20 bits per heavy atom. The molecule has 6 heteroatoms. The van der Waals surface area contributed by atoms with Gasteiger partial charge in [0.1, 0.15) is 5.01 Å². The van der Waals surface area contributed by atoms with Crippen LogP contribution in [0.3, 0.4) is 0 Å². The molecule has 0 radical (unpaired) electrons. The summed E-state index contributed by atoms with van der Waals surface area (Å²) in [6, 6.07) is 1.96. The van der Waals surface area contributed by atoms with Crippen molar-refractivity contribution in [2.24, 2.45) is 0 Å². The summed E-state index contributed by atoms with van der Waals surface area (Å²) in [5.41, 5.74) is 2.77. The van der Waals surface area contributed by atoms with Gasteiger partial charge in [-0.3, -0.25) is 0 Å². The Labute approximate surface area is 96.5 Å². The highest BCUT2D eigenvalue weighted by molar-refractivity contribution is 7.09. The van der Waals surface area contributed by atoms with Crippen LogP contribution in [0, 0.1) is 6.92 Å². The molecule has 0 bridgehead atoms. The van der Waals surface area contributed by atoms with Crippen LogP contribution in [-0.4, -0.2) is 19.6 Å². The van der Waals surface area contributed by atoms with Gasteiger partial charge in [-0.1, -0.05) is 6.92 Å². The lowest BCUT2D eigenvalue weighted by atomic mass is 10.1. The summed E-state index contributed by atoms with van der Waals surface area (Å²) in [7, 11) is 0. The van der Waals surface area contributed by atoms with E-state index in [1.807, 2.05) is 19.9 Å². The van der Waals surface area contributed by atoms with Crippen molar-refractivity contribution in [3.63, 3.8) is 0 Å². The molecule has 0 saturated carbocycles. The van der Waals surface area contributed by atoms with Gasteiger partial charge in [-0.25, -0.2) is 4.98 Å². The predicted molar refractivity (Wildman–Crippen MR) is 60.1 cm³/mol. The number of halogens is 1. The van der Waals surface area contributed by atoms with Crippen molar-refractivity contribution in [3.8, 4) is 10.6 Å². The topological polar surface area (TPSA) is 51.6 Å². The molecule has 15 heavy (non-hydrogen) atoms. The smallest absolute Gasteiger partial charge is 0.204 e. The zero-order valence-electron chi connectivity index (χ0n) is 8.36. The molecule has 0 aliphatic rings. The maximum atomic E-state index is 5.70. The first-order valence-electron chi connectivity index (χ1n) is 4.53. The molecule has 78 valence electrons. The molecule has 0 unspecified atom stereocenters. The molecule has 0 amide bonds. The molecular weight excluding hydrogens is 232 g/mol. The number of hydrogen-bond acceptors (Lipinski definition) is 5. The largest absolute Gasteiger partial charge is 0.234 e. The zero-order chi connectivity index (χ0) is 10.8. The van der Waals surface area contributed by atoms with Crippen molar-refractivity contribution in [3.05, 3.63) is 22.7 Å². The van der Waals surface area contributed by atoms with Crippen LogP contribution >= 0.6 is 23.1 Å². The summed E-state index contributed by atoms with van der Waals surface area (Å²) >= 11 is 6.98. The minimum absolute atomic E-state index is 0.284. The van der Waals surface area contributed by atoms with Crippen LogP contribution in [0.1, 0.15) is 18.3 Å². The molecule has 4 nitrogen and oxygen atoms in total. The summed E-state index contributed by atoms with van der Waals surface area (Å²) < 4.78 is 3.95. The molecule has 0 aliphatic carbocycles. The molecular formula is C9H9ClN4S. The van der Waals surface area contributed by atoms with E-state index in [0.29, 0.717) is 0 Å². The molecule has 0 saturated heterocycles. The first-order chi connectivity index (χ1) is 7.20. The van der Waals surface area contributed by atoms with Crippen molar-refractivity contribution in [2.75, 3.05) is 0 Å². The lowest BCUT2D eigenvalue weighted by molar-refractivity contribution is 0.896. The first kappa shape index (κ1) is 10.4. The third kappa shape index (κ3) is 2.13. The number of hydrogen-bond donors (Lipinski definition) is 0. The van der Waals surface area contributed by atoms with E-state index in [4.69, 9.17) is 11.6 Å². The molecule has 2 rings (SSSR count). The van der Waals surface area contributed by atoms with E-state index in [-0.39, 0.29) is 5.28 Å². The molecule has 0 aliphatic heterocycles. The van der Waals surface area contributed by atoms with Crippen molar-refractivity contribution in [1.82, 2.24) is 19.6 Å². The van der Waals surface area contributed by atoms with Gasteiger partial charge in [0.2, 0.25) is 5.28 Å². The van der Waals surface area contributed by atoms with E-state index in [0.717, 1.165) is 28.4 Å². The number of aryl methyl sites for hydroxylation is 2. The number of nitrogens with zero attached hydrogens (tertiary/aromatic N) is 4. The maximum Gasteiger partial charge on any atom is 0.234 e. The Morgan fingerprint density at radius 3 is 2.80 bits per heavy atom. The summed E-state index contributed by atoms with van der Waals surface area (Å²) in [6.45, 7) is 3.93. The summed E-state index contributed by atoms with van der Waals surface area (Å²) in [4.78, 5) is 4.14. The molecule has 2 heterocycles. The van der Waals surface area contributed by atoms with Crippen LogP contribution < -0.4 is 0 Å². The van der Waals surface area contributed by atoms with Crippen LogP contribution in [0.15, 0.2) is 6.07 Å². The minimum Gasteiger partial charge on any atom is -0.204 e. The number of rotatable bonds is 2. The normalized spacial score (nSPS) is 10.6. The quantitative estimate of drug-likeness (QED) is 0.810.